The third kappa shape index (κ3) is 3.80. The summed E-state index contributed by atoms with van der Waals surface area (Å²) >= 11 is 0. The lowest BCUT2D eigenvalue weighted by molar-refractivity contribution is 0.624. The maximum atomic E-state index is 13.1. The van der Waals surface area contributed by atoms with Crippen molar-refractivity contribution in [3.05, 3.63) is 60.3 Å². The van der Waals surface area contributed by atoms with Gasteiger partial charge < -0.3 is 20.9 Å². The number of nitrogens with two attached hydrogens (primary N) is 1. The molecule has 1 aliphatic heterocycles. The Kier molecular flexibility index (Phi) is 4.92. The van der Waals surface area contributed by atoms with Crippen LogP contribution in [0.3, 0.4) is 0 Å². The standard InChI is InChI=1S/C20H22FN7/c1-14-6-7-23-17(12-14)26-19-18(22)20(25-13-24-19)28-10-8-27(9-11-28)16-4-2-15(21)3-5-16/h2-7,12-13H,8-11,22H2,1H3,(H,23,24,25,26). The molecule has 3 heterocycles. The van der Waals surface area contributed by atoms with Crippen molar-refractivity contribution in [2.75, 3.05) is 47.0 Å². The molecule has 1 saturated heterocycles. The molecule has 0 spiro atoms. The van der Waals surface area contributed by atoms with E-state index in [0.29, 0.717) is 23.1 Å². The molecule has 2 aromatic heterocycles. The number of halogens is 1. The molecule has 0 bridgehead atoms. The van der Waals surface area contributed by atoms with E-state index in [1.165, 1.54) is 18.5 Å². The molecule has 1 aromatic carbocycles. The lowest BCUT2D eigenvalue weighted by Gasteiger charge is -2.37. The van der Waals surface area contributed by atoms with Gasteiger partial charge in [0.15, 0.2) is 11.6 Å². The molecule has 0 saturated carbocycles. The summed E-state index contributed by atoms with van der Waals surface area (Å²) in [6, 6.07) is 10.5. The van der Waals surface area contributed by atoms with Crippen molar-refractivity contribution in [2.24, 2.45) is 0 Å². The predicted molar refractivity (Wildman–Crippen MR) is 110 cm³/mol. The molecule has 3 N–H and O–H groups in total. The molecule has 144 valence electrons. The Bertz CT molecular complexity index is 953. The van der Waals surface area contributed by atoms with Gasteiger partial charge in [-0.2, -0.15) is 0 Å². The molecule has 1 aliphatic rings. The number of nitrogens with zero attached hydrogens (tertiary/aromatic N) is 5. The van der Waals surface area contributed by atoms with Gasteiger partial charge in [-0.3, -0.25) is 0 Å². The van der Waals surface area contributed by atoms with Gasteiger partial charge in [-0.15, -0.1) is 0 Å². The highest BCUT2D eigenvalue weighted by atomic mass is 19.1. The van der Waals surface area contributed by atoms with E-state index in [-0.39, 0.29) is 5.82 Å². The molecule has 1 fully saturated rings. The van der Waals surface area contributed by atoms with Gasteiger partial charge in [0.2, 0.25) is 0 Å². The summed E-state index contributed by atoms with van der Waals surface area (Å²) in [5.74, 6) is 1.73. The van der Waals surface area contributed by atoms with Crippen LogP contribution in [0.15, 0.2) is 48.9 Å². The molecule has 0 radical (unpaired) electrons. The van der Waals surface area contributed by atoms with Gasteiger partial charge in [0.1, 0.15) is 23.6 Å². The minimum Gasteiger partial charge on any atom is -0.393 e. The second-order valence-corrected chi connectivity index (χ2v) is 6.75. The third-order valence-electron chi connectivity index (χ3n) is 4.80. The predicted octanol–water partition coefficient (Wildman–Crippen LogP) is 2.97. The fourth-order valence-electron chi connectivity index (χ4n) is 3.29. The van der Waals surface area contributed by atoms with Crippen LogP contribution < -0.4 is 20.9 Å². The zero-order valence-corrected chi connectivity index (χ0v) is 15.6. The van der Waals surface area contributed by atoms with E-state index >= 15 is 0 Å². The topological polar surface area (TPSA) is 83.2 Å². The zero-order valence-electron chi connectivity index (χ0n) is 15.6. The molecule has 4 rings (SSSR count). The van der Waals surface area contributed by atoms with Crippen molar-refractivity contribution in [1.29, 1.82) is 0 Å². The van der Waals surface area contributed by atoms with Crippen molar-refractivity contribution < 1.29 is 4.39 Å². The monoisotopic (exact) mass is 379 g/mol. The Hall–Kier alpha value is -3.42. The Morgan fingerprint density at radius 1 is 0.964 bits per heavy atom. The molecule has 0 unspecified atom stereocenters. The number of nitrogen functional groups attached to an aromatic ring is 1. The highest BCUT2D eigenvalue weighted by molar-refractivity contribution is 5.77. The van der Waals surface area contributed by atoms with Gasteiger partial charge in [0.25, 0.3) is 0 Å². The van der Waals surface area contributed by atoms with E-state index in [9.17, 15) is 4.39 Å². The van der Waals surface area contributed by atoms with Gasteiger partial charge in [-0.25, -0.2) is 19.3 Å². The molecular formula is C20H22FN7. The first-order valence-corrected chi connectivity index (χ1v) is 9.16. The minimum atomic E-state index is -0.223. The Balaban J connectivity index is 1.47. The van der Waals surface area contributed by atoms with E-state index in [1.807, 2.05) is 19.1 Å². The van der Waals surface area contributed by atoms with Crippen LogP contribution in [0.1, 0.15) is 5.56 Å². The highest BCUT2D eigenvalue weighted by Gasteiger charge is 2.21. The number of pyridine rings is 1. The Labute approximate surface area is 163 Å². The smallest absolute Gasteiger partial charge is 0.160 e. The molecule has 7 nitrogen and oxygen atoms in total. The summed E-state index contributed by atoms with van der Waals surface area (Å²) in [7, 11) is 0. The van der Waals surface area contributed by atoms with Crippen LogP contribution in [0.25, 0.3) is 0 Å². The van der Waals surface area contributed by atoms with Gasteiger partial charge in [0, 0.05) is 38.1 Å². The van der Waals surface area contributed by atoms with Crippen LogP contribution >= 0.6 is 0 Å². The average molecular weight is 379 g/mol. The van der Waals surface area contributed by atoms with Crippen molar-refractivity contribution >= 4 is 28.8 Å². The van der Waals surface area contributed by atoms with Gasteiger partial charge in [-0.1, -0.05) is 0 Å². The van der Waals surface area contributed by atoms with Crippen molar-refractivity contribution in [1.82, 2.24) is 15.0 Å². The molecule has 8 heteroatoms. The summed E-state index contributed by atoms with van der Waals surface area (Å²) in [6.07, 6.45) is 3.25. The molecule has 0 atom stereocenters. The van der Waals surface area contributed by atoms with E-state index in [4.69, 9.17) is 5.73 Å². The van der Waals surface area contributed by atoms with Crippen LogP contribution in [-0.4, -0.2) is 41.1 Å². The average Bonchev–Trinajstić information content (AvgIpc) is 2.71. The number of anilines is 5. The minimum absolute atomic E-state index is 0.223. The molecule has 3 aromatic rings. The molecule has 28 heavy (non-hydrogen) atoms. The van der Waals surface area contributed by atoms with Crippen molar-refractivity contribution in [2.45, 2.75) is 6.92 Å². The van der Waals surface area contributed by atoms with Crippen LogP contribution in [0.4, 0.5) is 33.2 Å². The largest absolute Gasteiger partial charge is 0.393 e. The SMILES string of the molecule is Cc1ccnc(Nc2ncnc(N3CCN(c4ccc(F)cc4)CC3)c2N)c1. The number of hydrogen-bond donors (Lipinski definition) is 2. The maximum absolute atomic E-state index is 13.1. The van der Waals surface area contributed by atoms with Crippen molar-refractivity contribution in [3.63, 3.8) is 0 Å². The Morgan fingerprint density at radius 3 is 2.39 bits per heavy atom. The van der Waals surface area contributed by atoms with Crippen LogP contribution in [0, 0.1) is 12.7 Å². The molecular weight excluding hydrogens is 357 g/mol. The van der Waals surface area contributed by atoms with E-state index in [0.717, 1.165) is 37.4 Å². The fraction of sp³-hybridized carbons (Fsp3) is 0.250. The number of nitrogens with one attached hydrogen (secondary N) is 1. The molecule has 0 aliphatic carbocycles. The summed E-state index contributed by atoms with van der Waals surface area (Å²) in [5.41, 5.74) is 8.97. The van der Waals surface area contributed by atoms with Crippen LogP contribution in [0.5, 0.6) is 0 Å². The second-order valence-electron chi connectivity index (χ2n) is 6.75. The zero-order chi connectivity index (χ0) is 19.5. The van der Waals surface area contributed by atoms with Gasteiger partial charge in [0.05, 0.1) is 0 Å². The summed E-state index contributed by atoms with van der Waals surface area (Å²) in [6.45, 7) is 5.14. The summed E-state index contributed by atoms with van der Waals surface area (Å²) in [5, 5.41) is 3.17. The fourth-order valence-corrected chi connectivity index (χ4v) is 3.29. The first-order chi connectivity index (χ1) is 13.6. The van der Waals surface area contributed by atoms with Gasteiger partial charge in [-0.05, 0) is 48.9 Å². The summed E-state index contributed by atoms with van der Waals surface area (Å²) in [4.78, 5) is 17.3. The van der Waals surface area contributed by atoms with E-state index in [1.54, 1.807) is 18.3 Å². The lowest BCUT2D eigenvalue weighted by Crippen LogP contribution is -2.47. The number of aromatic nitrogens is 3. The normalized spacial score (nSPS) is 14.2. The maximum Gasteiger partial charge on any atom is 0.160 e. The number of hydrogen-bond acceptors (Lipinski definition) is 7. The first kappa shape index (κ1) is 18.0. The summed E-state index contributed by atoms with van der Waals surface area (Å²) < 4.78 is 13.1. The van der Waals surface area contributed by atoms with E-state index in [2.05, 4.69) is 30.1 Å². The second kappa shape index (κ2) is 7.67. The number of piperazine rings is 1. The first-order valence-electron chi connectivity index (χ1n) is 9.16. The van der Waals surface area contributed by atoms with Crippen LogP contribution in [-0.2, 0) is 0 Å². The number of rotatable bonds is 4. The lowest BCUT2D eigenvalue weighted by atomic mass is 10.2. The van der Waals surface area contributed by atoms with E-state index < -0.39 is 0 Å². The molecule has 0 amide bonds. The van der Waals surface area contributed by atoms with Crippen LogP contribution in [0.2, 0.25) is 0 Å². The third-order valence-corrected chi connectivity index (χ3v) is 4.80. The van der Waals surface area contributed by atoms with Crippen molar-refractivity contribution in [3.8, 4) is 0 Å². The number of aryl methyl sites for hydroxylation is 1. The quantitative estimate of drug-likeness (QED) is 0.721. The van der Waals surface area contributed by atoms with Gasteiger partial charge >= 0.3 is 0 Å². The Morgan fingerprint density at radius 2 is 1.68 bits per heavy atom. The highest BCUT2D eigenvalue weighted by Crippen LogP contribution is 2.29. The number of benzene rings is 1.